The van der Waals surface area contributed by atoms with Gasteiger partial charge in [-0.2, -0.15) is 0 Å². The number of nitrogens with one attached hydrogen (secondary N) is 1. The first-order chi connectivity index (χ1) is 9.55. The van der Waals surface area contributed by atoms with Crippen molar-refractivity contribution in [3.63, 3.8) is 0 Å². The zero-order chi connectivity index (χ0) is 16.4. The van der Waals surface area contributed by atoms with Crippen LogP contribution in [0.2, 0.25) is 0 Å². The molecule has 1 unspecified atom stereocenters. The van der Waals surface area contributed by atoms with Gasteiger partial charge in [-0.05, 0) is 18.8 Å². The summed E-state index contributed by atoms with van der Waals surface area (Å²) in [5.41, 5.74) is -0.548. The van der Waals surface area contributed by atoms with E-state index < -0.39 is 23.5 Å². The van der Waals surface area contributed by atoms with E-state index in [0.717, 1.165) is 6.42 Å². The molecule has 0 aromatic carbocycles. The van der Waals surface area contributed by atoms with Crippen LogP contribution in [-0.4, -0.2) is 46.4 Å². The van der Waals surface area contributed by atoms with Crippen LogP contribution in [0.25, 0.3) is 0 Å². The zero-order valence-electron chi connectivity index (χ0n) is 13.5. The summed E-state index contributed by atoms with van der Waals surface area (Å²) < 4.78 is 0. The van der Waals surface area contributed by atoms with Crippen LogP contribution in [0.4, 0.5) is 0 Å². The lowest BCUT2D eigenvalue weighted by Gasteiger charge is -2.31. The molecule has 2 amide bonds. The number of carbonyl (C=O) groups excluding carboxylic acids is 2. The van der Waals surface area contributed by atoms with E-state index in [2.05, 4.69) is 5.32 Å². The summed E-state index contributed by atoms with van der Waals surface area (Å²) in [6.45, 7) is 9.48. The van der Waals surface area contributed by atoms with E-state index in [1.807, 2.05) is 20.8 Å². The van der Waals surface area contributed by atoms with E-state index in [0.29, 0.717) is 13.0 Å². The van der Waals surface area contributed by atoms with Gasteiger partial charge in [-0.15, -0.1) is 0 Å². The Morgan fingerprint density at radius 2 is 1.81 bits per heavy atom. The largest absolute Gasteiger partial charge is 0.480 e. The van der Waals surface area contributed by atoms with Gasteiger partial charge in [-0.3, -0.25) is 9.59 Å². The minimum atomic E-state index is -1.05. The minimum absolute atomic E-state index is 0.0726. The highest BCUT2D eigenvalue weighted by atomic mass is 16.4. The van der Waals surface area contributed by atoms with Gasteiger partial charge in [0.25, 0.3) is 0 Å². The Kier molecular flexibility index (Phi) is 5.36. The van der Waals surface area contributed by atoms with Gasteiger partial charge >= 0.3 is 5.97 Å². The molecule has 2 atom stereocenters. The van der Waals surface area contributed by atoms with Crippen molar-refractivity contribution >= 4 is 17.8 Å². The number of carboxylic acid groups (broad SMARTS) is 1. The first-order valence-corrected chi connectivity index (χ1v) is 7.40. The molecule has 1 rings (SSSR count). The van der Waals surface area contributed by atoms with Crippen LogP contribution in [0.5, 0.6) is 0 Å². The van der Waals surface area contributed by atoms with E-state index in [9.17, 15) is 14.4 Å². The third-order valence-electron chi connectivity index (χ3n) is 3.69. The number of carbonyl (C=O) groups is 3. The molecule has 0 spiro atoms. The Balaban J connectivity index is 2.81. The predicted octanol–water partition coefficient (Wildman–Crippen LogP) is 1.25. The first kappa shape index (κ1) is 17.5. The smallest absolute Gasteiger partial charge is 0.326 e. The van der Waals surface area contributed by atoms with Crippen molar-refractivity contribution in [2.24, 2.45) is 11.3 Å². The van der Waals surface area contributed by atoms with Gasteiger partial charge in [-0.25, -0.2) is 4.79 Å². The van der Waals surface area contributed by atoms with Crippen molar-refractivity contribution in [2.45, 2.75) is 59.5 Å². The van der Waals surface area contributed by atoms with Crippen molar-refractivity contribution in [3.8, 4) is 0 Å². The van der Waals surface area contributed by atoms with E-state index in [1.54, 1.807) is 18.7 Å². The quantitative estimate of drug-likeness (QED) is 0.817. The second kappa shape index (κ2) is 6.45. The molecular formula is C15H26N2O4. The second-order valence-electron chi connectivity index (χ2n) is 6.98. The van der Waals surface area contributed by atoms with Crippen LogP contribution in [-0.2, 0) is 14.4 Å². The predicted molar refractivity (Wildman–Crippen MR) is 78.6 cm³/mol. The summed E-state index contributed by atoms with van der Waals surface area (Å²) in [6, 6.07) is -1.48. The molecule has 2 N–H and O–H groups in total. The SMILES string of the molecule is CC(C)[C@H](NC(=O)C1CCCN1C(=O)C(C)(C)C)C(=O)O. The van der Waals surface area contributed by atoms with E-state index >= 15 is 0 Å². The third kappa shape index (κ3) is 4.19. The standard InChI is InChI=1S/C15H26N2O4/c1-9(2)11(13(19)20)16-12(18)10-7-6-8-17(10)14(21)15(3,4)5/h9-11H,6-8H2,1-5H3,(H,16,18)(H,19,20)/t10?,11-/m0/s1. The molecule has 1 aliphatic rings. The highest BCUT2D eigenvalue weighted by molar-refractivity contribution is 5.92. The normalized spacial score (nSPS) is 20.5. The fourth-order valence-corrected chi connectivity index (χ4v) is 2.48. The molecule has 0 aromatic rings. The minimum Gasteiger partial charge on any atom is -0.480 e. The molecule has 1 aliphatic heterocycles. The number of rotatable bonds is 4. The molecule has 120 valence electrons. The van der Waals surface area contributed by atoms with Gasteiger partial charge in [0.1, 0.15) is 12.1 Å². The van der Waals surface area contributed by atoms with Crippen LogP contribution < -0.4 is 5.32 Å². The lowest BCUT2D eigenvalue weighted by molar-refractivity contribution is -0.147. The zero-order valence-corrected chi connectivity index (χ0v) is 13.5. The summed E-state index contributed by atoms with van der Waals surface area (Å²) in [7, 11) is 0. The molecule has 0 aromatic heterocycles. The number of hydrogen-bond acceptors (Lipinski definition) is 3. The van der Waals surface area contributed by atoms with Crippen molar-refractivity contribution in [3.05, 3.63) is 0 Å². The summed E-state index contributed by atoms with van der Waals surface area (Å²) >= 11 is 0. The molecule has 6 heteroatoms. The maximum atomic E-state index is 12.4. The molecule has 21 heavy (non-hydrogen) atoms. The fourth-order valence-electron chi connectivity index (χ4n) is 2.48. The molecule has 1 heterocycles. The van der Waals surface area contributed by atoms with Crippen LogP contribution >= 0.6 is 0 Å². The number of carboxylic acids is 1. The summed E-state index contributed by atoms with van der Waals surface area (Å²) in [5.74, 6) is -1.70. The molecule has 0 radical (unpaired) electrons. The van der Waals surface area contributed by atoms with Crippen LogP contribution in [0.15, 0.2) is 0 Å². The van der Waals surface area contributed by atoms with Crippen molar-refractivity contribution in [2.75, 3.05) is 6.54 Å². The van der Waals surface area contributed by atoms with Gasteiger partial charge in [-0.1, -0.05) is 34.6 Å². The Labute approximate surface area is 125 Å². The first-order valence-electron chi connectivity index (χ1n) is 7.40. The highest BCUT2D eigenvalue weighted by Crippen LogP contribution is 2.25. The lowest BCUT2D eigenvalue weighted by atomic mass is 9.94. The topological polar surface area (TPSA) is 86.7 Å². The Hall–Kier alpha value is -1.59. The molecule has 6 nitrogen and oxygen atoms in total. The van der Waals surface area contributed by atoms with Crippen molar-refractivity contribution in [1.29, 1.82) is 0 Å². The van der Waals surface area contributed by atoms with Gasteiger partial charge < -0.3 is 15.3 Å². The number of amides is 2. The van der Waals surface area contributed by atoms with Crippen LogP contribution in [0, 0.1) is 11.3 Å². The monoisotopic (exact) mass is 298 g/mol. The van der Waals surface area contributed by atoms with Gasteiger partial charge in [0, 0.05) is 12.0 Å². The van der Waals surface area contributed by atoms with Crippen molar-refractivity contribution in [1.82, 2.24) is 10.2 Å². The Morgan fingerprint density at radius 1 is 1.24 bits per heavy atom. The van der Waals surface area contributed by atoms with E-state index in [4.69, 9.17) is 5.11 Å². The molecular weight excluding hydrogens is 272 g/mol. The average molecular weight is 298 g/mol. The van der Waals surface area contributed by atoms with Crippen LogP contribution in [0.3, 0.4) is 0 Å². The number of likely N-dealkylation sites (tertiary alicyclic amines) is 1. The number of hydrogen-bond donors (Lipinski definition) is 2. The number of aliphatic carboxylic acids is 1. The second-order valence-corrected chi connectivity index (χ2v) is 6.98. The van der Waals surface area contributed by atoms with Gasteiger partial charge in [0.15, 0.2) is 0 Å². The third-order valence-corrected chi connectivity index (χ3v) is 3.69. The molecule has 0 aliphatic carbocycles. The van der Waals surface area contributed by atoms with Crippen LogP contribution in [0.1, 0.15) is 47.5 Å². The lowest BCUT2D eigenvalue weighted by Crippen LogP contribution is -2.53. The summed E-state index contributed by atoms with van der Waals surface area (Å²) in [5, 5.41) is 11.7. The van der Waals surface area contributed by atoms with Gasteiger partial charge in [0.2, 0.25) is 11.8 Å². The molecule has 0 saturated carbocycles. The number of nitrogens with zero attached hydrogens (tertiary/aromatic N) is 1. The fraction of sp³-hybridized carbons (Fsp3) is 0.800. The molecule has 0 bridgehead atoms. The Morgan fingerprint density at radius 3 is 2.24 bits per heavy atom. The van der Waals surface area contributed by atoms with Crippen molar-refractivity contribution < 1.29 is 19.5 Å². The molecule has 1 saturated heterocycles. The highest BCUT2D eigenvalue weighted by Gasteiger charge is 2.39. The summed E-state index contributed by atoms with van der Waals surface area (Å²) in [4.78, 5) is 37.5. The Bertz CT molecular complexity index is 426. The van der Waals surface area contributed by atoms with E-state index in [1.165, 1.54) is 0 Å². The maximum Gasteiger partial charge on any atom is 0.326 e. The molecule has 1 fully saturated rings. The van der Waals surface area contributed by atoms with Gasteiger partial charge in [0.05, 0.1) is 0 Å². The van der Waals surface area contributed by atoms with E-state index in [-0.39, 0.29) is 17.7 Å². The summed E-state index contributed by atoms with van der Waals surface area (Å²) in [6.07, 6.45) is 1.34. The average Bonchev–Trinajstić information content (AvgIpc) is 2.81. The maximum absolute atomic E-state index is 12.4.